The highest BCUT2D eigenvalue weighted by Crippen LogP contribution is 2.31. The second kappa shape index (κ2) is 3.87. The predicted octanol–water partition coefficient (Wildman–Crippen LogP) is 2.64. The number of para-hydroxylation sites is 1. The molecule has 0 saturated heterocycles. The lowest BCUT2D eigenvalue weighted by atomic mass is 10.1. The molecule has 3 heteroatoms. The Morgan fingerprint density at radius 3 is 2.80 bits per heavy atom. The van der Waals surface area contributed by atoms with Gasteiger partial charge in [-0.2, -0.15) is 0 Å². The molecule has 2 nitrogen and oxygen atoms in total. The monoisotopic (exact) mass is 222 g/mol. The number of benzene rings is 1. The molecule has 2 rings (SSSR count). The summed E-state index contributed by atoms with van der Waals surface area (Å²) < 4.78 is 2.04. The highest BCUT2D eigenvalue weighted by Gasteiger charge is 2.13. The normalized spacial score (nSPS) is 11.2. The summed E-state index contributed by atoms with van der Waals surface area (Å²) in [5, 5.41) is 2.04. The molecule has 80 valence electrons. The topological polar surface area (TPSA) is 30.9 Å². The summed E-state index contributed by atoms with van der Waals surface area (Å²) in [6.45, 7) is 2.73. The lowest BCUT2D eigenvalue weighted by Crippen LogP contribution is -2.02. The van der Waals surface area contributed by atoms with E-state index in [1.165, 1.54) is 22.0 Å². The fourth-order valence-corrected chi connectivity index (χ4v) is 2.42. The van der Waals surface area contributed by atoms with Crippen LogP contribution in [0.2, 0.25) is 5.15 Å². The molecular weight excluding hydrogens is 208 g/mol. The minimum atomic E-state index is 0.632. The van der Waals surface area contributed by atoms with Crippen LogP contribution in [0.1, 0.15) is 11.1 Å². The summed E-state index contributed by atoms with van der Waals surface area (Å²) in [7, 11) is 2.00. The SMILES string of the molecule is Cc1cccc2c(CCN)c(Cl)n(C)c12. The zero-order valence-electron chi connectivity index (χ0n) is 9.05. The maximum absolute atomic E-state index is 6.29. The molecule has 0 spiro atoms. The van der Waals surface area contributed by atoms with Crippen LogP contribution < -0.4 is 5.73 Å². The van der Waals surface area contributed by atoms with Crippen molar-refractivity contribution < 1.29 is 0 Å². The van der Waals surface area contributed by atoms with E-state index >= 15 is 0 Å². The van der Waals surface area contributed by atoms with E-state index in [2.05, 4.69) is 25.1 Å². The first-order chi connectivity index (χ1) is 7.16. The number of fused-ring (bicyclic) bond motifs is 1. The number of rotatable bonds is 2. The molecule has 1 aromatic heterocycles. The van der Waals surface area contributed by atoms with Crippen molar-refractivity contribution in [1.29, 1.82) is 0 Å². The summed E-state index contributed by atoms with van der Waals surface area (Å²) in [6.07, 6.45) is 0.833. The van der Waals surface area contributed by atoms with E-state index in [-0.39, 0.29) is 0 Å². The van der Waals surface area contributed by atoms with Crippen molar-refractivity contribution in [2.45, 2.75) is 13.3 Å². The Kier molecular flexibility index (Phi) is 2.72. The lowest BCUT2D eigenvalue weighted by Gasteiger charge is -2.00. The largest absolute Gasteiger partial charge is 0.334 e. The molecule has 2 N–H and O–H groups in total. The van der Waals surface area contributed by atoms with E-state index in [0.29, 0.717) is 6.54 Å². The van der Waals surface area contributed by atoms with E-state index in [0.717, 1.165) is 11.6 Å². The van der Waals surface area contributed by atoms with Crippen LogP contribution in [-0.2, 0) is 13.5 Å². The van der Waals surface area contributed by atoms with E-state index in [4.69, 9.17) is 17.3 Å². The number of hydrogen-bond donors (Lipinski definition) is 1. The lowest BCUT2D eigenvalue weighted by molar-refractivity contribution is 0.928. The van der Waals surface area contributed by atoms with Gasteiger partial charge in [0.25, 0.3) is 0 Å². The minimum absolute atomic E-state index is 0.632. The molecule has 1 aromatic carbocycles. The van der Waals surface area contributed by atoms with Gasteiger partial charge in [0, 0.05) is 12.4 Å². The third-order valence-electron chi connectivity index (χ3n) is 2.84. The molecule has 0 radical (unpaired) electrons. The summed E-state index contributed by atoms with van der Waals surface area (Å²) in [6, 6.07) is 6.28. The maximum atomic E-state index is 6.29. The third-order valence-corrected chi connectivity index (χ3v) is 3.32. The van der Waals surface area contributed by atoms with Crippen molar-refractivity contribution in [3.05, 3.63) is 34.5 Å². The first kappa shape index (κ1) is 10.5. The van der Waals surface area contributed by atoms with Gasteiger partial charge in [-0.05, 0) is 31.0 Å². The van der Waals surface area contributed by atoms with Crippen LogP contribution in [0.3, 0.4) is 0 Å². The number of hydrogen-bond acceptors (Lipinski definition) is 1. The van der Waals surface area contributed by atoms with Crippen molar-refractivity contribution in [3.63, 3.8) is 0 Å². The first-order valence-electron chi connectivity index (χ1n) is 5.09. The van der Waals surface area contributed by atoms with Crippen LogP contribution in [0.4, 0.5) is 0 Å². The predicted molar refractivity (Wildman–Crippen MR) is 65.4 cm³/mol. The van der Waals surface area contributed by atoms with Crippen LogP contribution in [0.15, 0.2) is 18.2 Å². The summed E-state index contributed by atoms with van der Waals surface area (Å²) >= 11 is 6.29. The van der Waals surface area contributed by atoms with E-state index in [9.17, 15) is 0 Å². The number of aromatic nitrogens is 1. The average molecular weight is 223 g/mol. The molecule has 0 bridgehead atoms. The molecular formula is C12H15ClN2. The second-order valence-electron chi connectivity index (χ2n) is 3.84. The van der Waals surface area contributed by atoms with Crippen molar-refractivity contribution >= 4 is 22.5 Å². The number of nitrogens with two attached hydrogens (primary N) is 1. The van der Waals surface area contributed by atoms with Gasteiger partial charge in [0.2, 0.25) is 0 Å². The molecule has 0 amide bonds. The van der Waals surface area contributed by atoms with Crippen molar-refractivity contribution in [3.8, 4) is 0 Å². The molecule has 0 aliphatic carbocycles. The average Bonchev–Trinajstić information content (AvgIpc) is 2.45. The Morgan fingerprint density at radius 2 is 2.13 bits per heavy atom. The van der Waals surface area contributed by atoms with Gasteiger partial charge < -0.3 is 10.3 Å². The number of halogens is 1. The van der Waals surface area contributed by atoms with Gasteiger partial charge in [0.1, 0.15) is 5.15 Å². The molecule has 0 aliphatic rings. The summed E-state index contributed by atoms with van der Waals surface area (Å²) in [4.78, 5) is 0. The third kappa shape index (κ3) is 1.54. The van der Waals surface area contributed by atoms with Crippen LogP contribution >= 0.6 is 11.6 Å². The molecule has 0 saturated carbocycles. The quantitative estimate of drug-likeness (QED) is 0.832. The second-order valence-corrected chi connectivity index (χ2v) is 4.20. The van der Waals surface area contributed by atoms with Gasteiger partial charge in [-0.3, -0.25) is 0 Å². The smallest absolute Gasteiger partial charge is 0.113 e. The van der Waals surface area contributed by atoms with Crippen LogP contribution in [0.25, 0.3) is 10.9 Å². The molecule has 0 atom stereocenters. The highest BCUT2D eigenvalue weighted by atomic mass is 35.5. The van der Waals surface area contributed by atoms with Gasteiger partial charge >= 0.3 is 0 Å². The Bertz CT molecular complexity index is 500. The fourth-order valence-electron chi connectivity index (χ4n) is 2.14. The molecule has 1 heterocycles. The maximum Gasteiger partial charge on any atom is 0.113 e. The fraction of sp³-hybridized carbons (Fsp3) is 0.333. The van der Waals surface area contributed by atoms with Gasteiger partial charge in [-0.25, -0.2) is 0 Å². The number of aryl methyl sites for hydroxylation is 2. The zero-order chi connectivity index (χ0) is 11.0. The Labute approximate surface area is 94.6 Å². The van der Waals surface area contributed by atoms with Gasteiger partial charge in [-0.1, -0.05) is 29.8 Å². The van der Waals surface area contributed by atoms with Crippen LogP contribution in [0.5, 0.6) is 0 Å². The van der Waals surface area contributed by atoms with Crippen LogP contribution in [0, 0.1) is 6.92 Å². The first-order valence-corrected chi connectivity index (χ1v) is 5.47. The van der Waals surface area contributed by atoms with Crippen LogP contribution in [-0.4, -0.2) is 11.1 Å². The van der Waals surface area contributed by atoms with Gasteiger partial charge in [0.05, 0.1) is 5.52 Å². The van der Waals surface area contributed by atoms with Gasteiger partial charge in [0.15, 0.2) is 0 Å². The molecule has 0 aliphatic heterocycles. The van der Waals surface area contributed by atoms with Crippen molar-refractivity contribution in [2.75, 3.05) is 6.54 Å². The van der Waals surface area contributed by atoms with E-state index in [1.54, 1.807) is 0 Å². The molecule has 15 heavy (non-hydrogen) atoms. The zero-order valence-corrected chi connectivity index (χ0v) is 9.80. The molecule has 2 aromatic rings. The Morgan fingerprint density at radius 1 is 1.40 bits per heavy atom. The van der Waals surface area contributed by atoms with Gasteiger partial charge in [-0.15, -0.1) is 0 Å². The van der Waals surface area contributed by atoms with E-state index in [1.807, 2.05) is 11.6 Å². The molecule has 0 fully saturated rings. The number of nitrogens with zero attached hydrogens (tertiary/aromatic N) is 1. The standard InChI is InChI=1S/C12H15ClN2/c1-8-4-3-5-9-10(6-7-14)12(13)15(2)11(8)9/h3-5H,6-7,14H2,1-2H3. The Hall–Kier alpha value is -0.990. The minimum Gasteiger partial charge on any atom is -0.334 e. The Balaban J connectivity index is 2.81. The molecule has 0 unspecified atom stereocenters. The van der Waals surface area contributed by atoms with Crippen molar-refractivity contribution in [1.82, 2.24) is 4.57 Å². The summed E-state index contributed by atoms with van der Waals surface area (Å²) in [5.41, 5.74) is 9.23. The van der Waals surface area contributed by atoms with Crippen molar-refractivity contribution in [2.24, 2.45) is 12.8 Å². The highest BCUT2D eigenvalue weighted by molar-refractivity contribution is 6.32. The summed E-state index contributed by atoms with van der Waals surface area (Å²) in [5.74, 6) is 0. The van der Waals surface area contributed by atoms with E-state index < -0.39 is 0 Å².